The average molecular weight is 98.2 g/mol. The van der Waals surface area contributed by atoms with Crippen LogP contribution in [0, 0.1) is 17.8 Å². The molecule has 0 aromatic heterocycles. The molecule has 42 valence electrons. The van der Waals surface area contributed by atoms with E-state index in [1.165, 1.54) is 6.42 Å². The molecule has 0 aromatic carbocycles. The van der Waals surface area contributed by atoms with Crippen molar-refractivity contribution in [1.29, 1.82) is 0 Å². The van der Waals surface area contributed by atoms with Gasteiger partial charge in [0.2, 0.25) is 0 Å². The Balaban J connectivity index is 2.20. The predicted molar refractivity (Wildman–Crippen MR) is 32.1 cm³/mol. The first kappa shape index (κ1) is 5.14. The lowest BCUT2D eigenvalue weighted by atomic mass is 10.1. The van der Waals surface area contributed by atoms with Gasteiger partial charge in [-0.2, -0.15) is 0 Å². The summed E-state index contributed by atoms with van der Waals surface area (Å²) in [5.41, 5.74) is 0. The predicted octanol–water partition coefficient (Wildman–Crippen LogP) is 2.30. The molecule has 1 saturated carbocycles. The van der Waals surface area contributed by atoms with Gasteiger partial charge in [-0.15, -0.1) is 0 Å². The first-order chi connectivity index (χ1) is 3.22. The van der Waals surface area contributed by atoms with E-state index in [-0.39, 0.29) is 0 Å². The van der Waals surface area contributed by atoms with Crippen molar-refractivity contribution in [2.45, 2.75) is 27.2 Å². The van der Waals surface area contributed by atoms with Gasteiger partial charge in [0.15, 0.2) is 0 Å². The third kappa shape index (κ3) is 0.960. The molecule has 0 amide bonds. The highest BCUT2D eigenvalue weighted by Gasteiger charge is 2.34. The van der Waals surface area contributed by atoms with Crippen LogP contribution in [0.4, 0.5) is 0 Å². The Labute approximate surface area is 45.9 Å². The van der Waals surface area contributed by atoms with E-state index < -0.39 is 0 Å². The minimum absolute atomic E-state index is 0.940. The summed E-state index contributed by atoms with van der Waals surface area (Å²) in [4.78, 5) is 0. The van der Waals surface area contributed by atoms with Crippen molar-refractivity contribution >= 4 is 0 Å². The molecule has 0 radical (unpaired) electrons. The van der Waals surface area contributed by atoms with Gasteiger partial charge < -0.3 is 0 Å². The van der Waals surface area contributed by atoms with Crippen molar-refractivity contribution in [3.05, 3.63) is 0 Å². The van der Waals surface area contributed by atoms with Crippen LogP contribution in [0.2, 0.25) is 0 Å². The highest BCUT2D eigenvalue weighted by molar-refractivity contribution is 4.84. The molecule has 1 rings (SSSR count). The van der Waals surface area contributed by atoms with E-state index in [0.29, 0.717) is 0 Å². The molecule has 0 spiro atoms. The Morgan fingerprint density at radius 2 is 1.86 bits per heavy atom. The van der Waals surface area contributed by atoms with Crippen LogP contribution >= 0.6 is 0 Å². The molecule has 1 unspecified atom stereocenters. The topological polar surface area (TPSA) is 0 Å². The van der Waals surface area contributed by atoms with Gasteiger partial charge in [0.25, 0.3) is 0 Å². The molecule has 0 aromatic rings. The molecule has 0 N–H and O–H groups in total. The van der Waals surface area contributed by atoms with Crippen molar-refractivity contribution < 1.29 is 0 Å². The highest BCUT2D eigenvalue weighted by atomic mass is 14.4. The maximum absolute atomic E-state index is 2.34. The zero-order valence-corrected chi connectivity index (χ0v) is 5.44. The van der Waals surface area contributed by atoms with Gasteiger partial charge in [0.05, 0.1) is 0 Å². The van der Waals surface area contributed by atoms with E-state index in [1.54, 1.807) is 0 Å². The zero-order chi connectivity index (χ0) is 5.44. The molecule has 0 heteroatoms. The second-order valence-corrected chi connectivity index (χ2v) is 3.12. The van der Waals surface area contributed by atoms with Gasteiger partial charge in [-0.25, -0.2) is 0 Å². The summed E-state index contributed by atoms with van der Waals surface area (Å²) in [7, 11) is 0. The SMILES string of the molecule is CC(C)C1C[C@H]1C. The molecule has 0 aliphatic heterocycles. The Morgan fingerprint density at radius 1 is 1.43 bits per heavy atom. The Bertz CT molecular complexity index is 64.4. The van der Waals surface area contributed by atoms with Gasteiger partial charge in [0, 0.05) is 0 Å². The number of hydrogen-bond donors (Lipinski definition) is 0. The van der Waals surface area contributed by atoms with Gasteiger partial charge in [-0.05, 0) is 24.2 Å². The normalized spacial score (nSPS) is 39.4. The molecule has 1 aliphatic rings. The lowest BCUT2D eigenvalue weighted by Crippen LogP contribution is -1.89. The third-order valence-electron chi connectivity index (χ3n) is 2.03. The van der Waals surface area contributed by atoms with Crippen LogP contribution in [0.3, 0.4) is 0 Å². The second-order valence-electron chi connectivity index (χ2n) is 3.12. The van der Waals surface area contributed by atoms with Crippen LogP contribution < -0.4 is 0 Å². The third-order valence-corrected chi connectivity index (χ3v) is 2.03. The summed E-state index contributed by atoms with van der Waals surface area (Å²) in [5.74, 6) is 3.05. The molecule has 1 fully saturated rings. The largest absolute Gasteiger partial charge is 0.0625 e. The summed E-state index contributed by atoms with van der Waals surface area (Å²) in [6.45, 7) is 6.97. The second kappa shape index (κ2) is 1.50. The van der Waals surface area contributed by atoms with Crippen molar-refractivity contribution in [1.82, 2.24) is 0 Å². The zero-order valence-electron chi connectivity index (χ0n) is 5.44. The summed E-state index contributed by atoms with van der Waals surface area (Å²) in [6.07, 6.45) is 1.48. The van der Waals surface area contributed by atoms with E-state index in [0.717, 1.165) is 17.8 Å². The molecule has 0 nitrogen and oxygen atoms in total. The standard InChI is InChI=1S/C7H14/c1-5(2)7-4-6(7)3/h5-7H,4H2,1-3H3/t6-,7?/m1/s1. The summed E-state index contributed by atoms with van der Waals surface area (Å²) >= 11 is 0. The van der Waals surface area contributed by atoms with Crippen molar-refractivity contribution in [2.75, 3.05) is 0 Å². The molecule has 7 heavy (non-hydrogen) atoms. The van der Waals surface area contributed by atoms with Gasteiger partial charge in [0.1, 0.15) is 0 Å². The van der Waals surface area contributed by atoms with Crippen LogP contribution in [-0.2, 0) is 0 Å². The Kier molecular flexibility index (Phi) is 1.10. The summed E-state index contributed by atoms with van der Waals surface area (Å²) in [6, 6.07) is 0. The van der Waals surface area contributed by atoms with Crippen LogP contribution in [0.1, 0.15) is 27.2 Å². The van der Waals surface area contributed by atoms with E-state index in [2.05, 4.69) is 20.8 Å². The number of rotatable bonds is 1. The van der Waals surface area contributed by atoms with E-state index in [9.17, 15) is 0 Å². The maximum atomic E-state index is 2.34. The Morgan fingerprint density at radius 3 is 1.86 bits per heavy atom. The minimum Gasteiger partial charge on any atom is -0.0625 e. The first-order valence-corrected chi connectivity index (χ1v) is 3.22. The molecule has 2 atom stereocenters. The summed E-state index contributed by atoms with van der Waals surface area (Å²) < 4.78 is 0. The molecule has 1 aliphatic carbocycles. The lowest BCUT2D eigenvalue weighted by molar-refractivity contribution is 0.530. The van der Waals surface area contributed by atoms with E-state index in [1.807, 2.05) is 0 Å². The maximum Gasteiger partial charge on any atom is -0.0363 e. The molecular formula is C7H14. The molecule has 0 heterocycles. The average Bonchev–Trinajstić information content (AvgIpc) is 2.17. The molecular weight excluding hydrogens is 84.1 g/mol. The van der Waals surface area contributed by atoms with Crippen LogP contribution in [0.5, 0.6) is 0 Å². The van der Waals surface area contributed by atoms with Crippen LogP contribution in [0.15, 0.2) is 0 Å². The fourth-order valence-electron chi connectivity index (χ4n) is 1.28. The fourth-order valence-corrected chi connectivity index (χ4v) is 1.28. The van der Waals surface area contributed by atoms with Gasteiger partial charge in [-0.3, -0.25) is 0 Å². The minimum atomic E-state index is 0.940. The van der Waals surface area contributed by atoms with Crippen LogP contribution in [0.25, 0.3) is 0 Å². The van der Waals surface area contributed by atoms with Gasteiger partial charge >= 0.3 is 0 Å². The van der Waals surface area contributed by atoms with Crippen molar-refractivity contribution in [3.63, 3.8) is 0 Å². The van der Waals surface area contributed by atoms with Crippen molar-refractivity contribution in [2.24, 2.45) is 17.8 Å². The molecule has 0 saturated heterocycles. The quantitative estimate of drug-likeness (QED) is 0.472. The Hall–Kier alpha value is 0. The monoisotopic (exact) mass is 98.1 g/mol. The van der Waals surface area contributed by atoms with Crippen LogP contribution in [-0.4, -0.2) is 0 Å². The highest BCUT2D eigenvalue weighted by Crippen LogP contribution is 2.43. The smallest absolute Gasteiger partial charge is 0.0363 e. The first-order valence-electron chi connectivity index (χ1n) is 3.22. The molecule has 0 bridgehead atoms. The lowest BCUT2D eigenvalue weighted by Gasteiger charge is -1.97. The fraction of sp³-hybridized carbons (Fsp3) is 1.00. The number of hydrogen-bond acceptors (Lipinski definition) is 0. The van der Waals surface area contributed by atoms with E-state index >= 15 is 0 Å². The van der Waals surface area contributed by atoms with E-state index in [4.69, 9.17) is 0 Å². The van der Waals surface area contributed by atoms with Crippen molar-refractivity contribution in [3.8, 4) is 0 Å². The van der Waals surface area contributed by atoms with Gasteiger partial charge in [-0.1, -0.05) is 20.8 Å². The summed E-state index contributed by atoms with van der Waals surface area (Å²) in [5, 5.41) is 0.